The highest BCUT2D eigenvalue weighted by Gasteiger charge is 2.21. The van der Waals surface area contributed by atoms with Gasteiger partial charge in [0.1, 0.15) is 0 Å². The Morgan fingerprint density at radius 1 is 0.400 bits per heavy atom. The van der Waals surface area contributed by atoms with E-state index in [2.05, 4.69) is 97.1 Å². The van der Waals surface area contributed by atoms with Crippen molar-refractivity contribution in [3.8, 4) is 33.6 Å². The number of pyridine rings is 2. The first-order chi connectivity index (χ1) is 14.9. The molecule has 30 heavy (non-hydrogen) atoms. The summed E-state index contributed by atoms with van der Waals surface area (Å²) in [6, 6.07) is 33.9. The molecule has 0 atom stereocenters. The zero-order valence-corrected chi connectivity index (χ0v) is 16.3. The molecule has 6 rings (SSSR count). The first-order valence-electron chi connectivity index (χ1n) is 10.1. The van der Waals surface area contributed by atoms with Gasteiger partial charge in [0.15, 0.2) is 0 Å². The van der Waals surface area contributed by atoms with Crippen molar-refractivity contribution in [1.29, 1.82) is 0 Å². The SMILES string of the molecule is c1ccc2c(-c3nccc4ccccc34)cc(-c3nccc4ccccc34)c-2cc1. The molecule has 0 spiro atoms. The highest BCUT2D eigenvalue weighted by molar-refractivity contribution is 6.06. The van der Waals surface area contributed by atoms with Crippen LogP contribution in [0.25, 0.3) is 55.2 Å². The van der Waals surface area contributed by atoms with Gasteiger partial charge in [0, 0.05) is 34.3 Å². The Balaban J connectivity index is 1.70. The minimum absolute atomic E-state index is 1.01. The van der Waals surface area contributed by atoms with E-state index in [1.54, 1.807) is 0 Å². The molecule has 140 valence electrons. The van der Waals surface area contributed by atoms with Gasteiger partial charge in [-0.15, -0.1) is 0 Å². The van der Waals surface area contributed by atoms with Gasteiger partial charge in [0.2, 0.25) is 0 Å². The van der Waals surface area contributed by atoms with E-state index in [0.717, 1.165) is 33.3 Å². The van der Waals surface area contributed by atoms with Crippen LogP contribution in [0, 0.1) is 0 Å². The van der Waals surface area contributed by atoms with Crippen molar-refractivity contribution < 1.29 is 0 Å². The lowest BCUT2D eigenvalue weighted by molar-refractivity contribution is 1.36. The molecule has 2 heterocycles. The second-order valence-corrected chi connectivity index (χ2v) is 7.47. The molecule has 2 aliphatic carbocycles. The van der Waals surface area contributed by atoms with E-state index in [1.807, 2.05) is 12.4 Å². The minimum atomic E-state index is 1.01. The van der Waals surface area contributed by atoms with Crippen molar-refractivity contribution >= 4 is 21.5 Å². The molecule has 4 aromatic rings. The topological polar surface area (TPSA) is 25.8 Å². The predicted octanol–water partition coefficient (Wildman–Crippen LogP) is 7.22. The third-order valence-electron chi connectivity index (χ3n) is 5.76. The highest BCUT2D eigenvalue weighted by atomic mass is 14.7. The molecule has 2 nitrogen and oxygen atoms in total. The Morgan fingerprint density at radius 3 is 1.40 bits per heavy atom. The average molecular weight is 382 g/mol. The molecule has 0 fully saturated rings. The van der Waals surface area contributed by atoms with Crippen molar-refractivity contribution in [2.75, 3.05) is 0 Å². The zero-order chi connectivity index (χ0) is 19.9. The summed E-state index contributed by atoms with van der Waals surface area (Å²) in [5.74, 6) is 0. The largest absolute Gasteiger partial charge is 0.256 e. The van der Waals surface area contributed by atoms with Gasteiger partial charge in [-0.1, -0.05) is 78.9 Å². The van der Waals surface area contributed by atoms with E-state index in [4.69, 9.17) is 9.97 Å². The van der Waals surface area contributed by atoms with Gasteiger partial charge >= 0.3 is 0 Å². The van der Waals surface area contributed by atoms with Gasteiger partial charge < -0.3 is 0 Å². The summed E-state index contributed by atoms with van der Waals surface area (Å²) in [6.07, 6.45) is 3.80. The molecule has 0 saturated carbocycles. The van der Waals surface area contributed by atoms with E-state index < -0.39 is 0 Å². The van der Waals surface area contributed by atoms with Crippen LogP contribution in [0.5, 0.6) is 0 Å². The van der Waals surface area contributed by atoms with Crippen LogP contribution in [0.3, 0.4) is 0 Å². The van der Waals surface area contributed by atoms with Gasteiger partial charge in [-0.2, -0.15) is 0 Å². The summed E-state index contributed by atoms with van der Waals surface area (Å²) in [5, 5.41) is 4.72. The second kappa shape index (κ2) is 6.78. The van der Waals surface area contributed by atoms with E-state index in [1.165, 1.54) is 21.9 Å². The Hall–Kier alpha value is -4.04. The summed E-state index contributed by atoms with van der Waals surface area (Å²) in [5.41, 5.74) is 6.68. The maximum atomic E-state index is 4.80. The molecule has 2 heteroatoms. The van der Waals surface area contributed by atoms with Crippen LogP contribution in [0.2, 0.25) is 0 Å². The van der Waals surface area contributed by atoms with Crippen LogP contribution >= 0.6 is 0 Å². The van der Waals surface area contributed by atoms with E-state index in [9.17, 15) is 0 Å². The van der Waals surface area contributed by atoms with Crippen LogP contribution in [-0.4, -0.2) is 9.97 Å². The predicted molar refractivity (Wildman–Crippen MR) is 125 cm³/mol. The normalized spacial score (nSPS) is 11.3. The fourth-order valence-corrected chi connectivity index (χ4v) is 4.38. The summed E-state index contributed by atoms with van der Waals surface area (Å²) in [7, 11) is 0. The number of nitrogens with zero attached hydrogens (tertiary/aromatic N) is 2. The second-order valence-electron chi connectivity index (χ2n) is 7.47. The molecule has 0 aliphatic heterocycles. The van der Waals surface area contributed by atoms with Crippen LogP contribution in [0.4, 0.5) is 0 Å². The monoisotopic (exact) mass is 382 g/mol. The number of aromatic nitrogens is 2. The number of hydrogen-bond acceptors (Lipinski definition) is 2. The molecule has 2 aliphatic rings. The number of rotatable bonds is 2. The van der Waals surface area contributed by atoms with Gasteiger partial charge in [-0.3, -0.25) is 9.97 Å². The molecule has 0 amide bonds. The summed E-state index contributed by atoms with van der Waals surface area (Å²) in [6.45, 7) is 0. The van der Waals surface area contributed by atoms with Gasteiger partial charge in [-0.25, -0.2) is 0 Å². The number of hydrogen-bond donors (Lipinski definition) is 0. The van der Waals surface area contributed by atoms with Gasteiger partial charge in [-0.05, 0) is 40.1 Å². The fourth-order valence-electron chi connectivity index (χ4n) is 4.38. The maximum absolute atomic E-state index is 4.80. The van der Waals surface area contributed by atoms with Crippen LogP contribution in [0.15, 0.2) is 109 Å². The van der Waals surface area contributed by atoms with E-state index in [0.29, 0.717) is 0 Å². The molecule has 2 aromatic heterocycles. The third kappa shape index (κ3) is 2.58. The van der Waals surface area contributed by atoms with Crippen molar-refractivity contribution in [2.24, 2.45) is 0 Å². The molecule has 0 radical (unpaired) electrons. The molecule has 0 saturated heterocycles. The summed E-state index contributed by atoms with van der Waals surface area (Å²) >= 11 is 0. The molecule has 0 bridgehead atoms. The average Bonchev–Trinajstić information content (AvgIpc) is 2.98. The minimum Gasteiger partial charge on any atom is -0.256 e. The zero-order valence-electron chi connectivity index (χ0n) is 16.3. The lowest BCUT2D eigenvalue weighted by Crippen LogP contribution is -1.85. The maximum Gasteiger partial charge on any atom is 0.0786 e. The first-order valence-corrected chi connectivity index (χ1v) is 10.1. The standard InChI is InChI=1S/C28H18N2/c1-2-12-23-24(13-3-1)26(28-22-11-7-5-9-20(22)15-17-30-28)18-25(23)27-21-10-6-4-8-19(21)14-16-29-27/h1-18H. The van der Waals surface area contributed by atoms with E-state index >= 15 is 0 Å². The molecular formula is C28H18N2. The Kier molecular flexibility index (Phi) is 3.82. The van der Waals surface area contributed by atoms with Gasteiger partial charge in [0.25, 0.3) is 0 Å². The quantitative estimate of drug-likeness (QED) is 0.316. The summed E-state index contributed by atoms with van der Waals surface area (Å²) < 4.78 is 0. The van der Waals surface area contributed by atoms with Crippen LogP contribution in [-0.2, 0) is 0 Å². The lowest BCUT2D eigenvalue weighted by atomic mass is 10.0. The molecule has 0 unspecified atom stereocenters. The number of fused-ring (bicyclic) bond motifs is 3. The Morgan fingerprint density at radius 2 is 0.867 bits per heavy atom. The molecular weight excluding hydrogens is 364 g/mol. The smallest absolute Gasteiger partial charge is 0.0786 e. The highest BCUT2D eigenvalue weighted by Crippen LogP contribution is 2.45. The third-order valence-corrected chi connectivity index (χ3v) is 5.76. The first kappa shape index (κ1) is 16.9. The molecule has 0 N–H and O–H groups in total. The summed E-state index contributed by atoms with van der Waals surface area (Å²) in [4.78, 5) is 9.59. The van der Waals surface area contributed by atoms with Crippen LogP contribution < -0.4 is 0 Å². The Bertz CT molecular complexity index is 1380. The Labute approximate surface area is 174 Å². The molecule has 2 aromatic carbocycles. The van der Waals surface area contributed by atoms with Gasteiger partial charge in [0.05, 0.1) is 11.4 Å². The van der Waals surface area contributed by atoms with Crippen molar-refractivity contribution in [3.05, 3.63) is 109 Å². The van der Waals surface area contributed by atoms with E-state index in [-0.39, 0.29) is 0 Å². The van der Waals surface area contributed by atoms with Crippen LogP contribution in [0.1, 0.15) is 0 Å². The van der Waals surface area contributed by atoms with Crippen molar-refractivity contribution in [1.82, 2.24) is 9.97 Å². The number of benzene rings is 2. The van der Waals surface area contributed by atoms with Crippen molar-refractivity contribution in [2.45, 2.75) is 0 Å². The van der Waals surface area contributed by atoms with Crippen molar-refractivity contribution in [3.63, 3.8) is 0 Å². The lowest BCUT2D eigenvalue weighted by Gasteiger charge is -2.06. The fraction of sp³-hybridized carbons (Fsp3) is 0.